The van der Waals surface area contributed by atoms with Crippen LogP contribution in [0.3, 0.4) is 0 Å². The van der Waals surface area contributed by atoms with Gasteiger partial charge in [-0.15, -0.1) is 0 Å². The number of allylic oxidation sites excluding steroid dienone is 2. The molecule has 0 amide bonds. The molecule has 2 rings (SSSR count). The Morgan fingerprint density at radius 3 is 2.42 bits per heavy atom. The molecule has 59 valence electrons. The summed E-state index contributed by atoms with van der Waals surface area (Å²) >= 11 is 0. The van der Waals surface area contributed by atoms with E-state index >= 15 is 0 Å². The summed E-state index contributed by atoms with van der Waals surface area (Å²) in [6.45, 7) is 2.11. The lowest BCUT2D eigenvalue weighted by Crippen LogP contribution is -1.76. The Balaban J connectivity index is 2.30. The molecule has 1 aliphatic rings. The smallest absolute Gasteiger partial charge is 0.00796 e. The number of benzene rings is 1. The maximum absolute atomic E-state index is 2.18. The highest BCUT2D eigenvalue weighted by atomic mass is 31.1. The predicted octanol–water partition coefficient (Wildman–Crippen LogP) is 3.81. The van der Waals surface area contributed by atoms with Crippen molar-refractivity contribution in [2.45, 2.75) is 6.92 Å². The Kier molecular flexibility index (Phi) is 2.10. The molecule has 1 aliphatic heterocycles. The summed E-state index contributed by atoms with van der Waals surface area (Å²) in [4.78, 5) is 0. The average Bonchev–Trinajstić information content (AvgIpc) is 2.58. The largest absolute Gasteiger partial charge is 0.0604 e. The number of aryl methyl sites for hydroxylation is 1. The van der Waals surface area contributed by atoms with Crippen LogP contribution in [-0.2, 0) is 0 Å². The zero-order valence-electron chi connectivity index (χ0n) is 6.99. The van der Waals surface area contributed by atoms with Crippen molar-refractivity contribution >= 4 is 13.9 Å². The fraction of sp³-hybridized carbons (Fsp3) is 0.0909. The van der Waals surface area contributed by atoms with E-state index in [4.69, 9.17) is 0 Å². The molecule has 1 heterocycles. The Bertz CT molecular complexity index is 331. The highest BCUT2D eigenvalue weighted by Crippen LogP contribution is 2.38. The van der Waals surface area contributed by atoms with Crippen molar-refractivity contribution in [1.82, 2.24) is 0 Å². The maximum Gasteiger partial charge on any atom is -0.00796 e. The Morgan fingerprint density at radius 1 is 1.08 bits per heavy atom. The van der Waals surface area contributed by atoms with E-state index in [-0.39, 0.29) is 0 Å². The summed E-state index contributed by atoms with van der Waals surface area (Å²) in [5, 5.41) is 1.40. The van der Waals surface area contributed by atoms with Crippen LogP contribution in [0.15, 0.2) is 42.2 Å². The van der Waals surface area contributed by atoms with Gasteiger partial charge >= 0.3 is 0 Å². The third kappa shape index (κ3) is 1.49. The summed E-state index contributed by atoms with van der Waals surface area (Å²) in [7, 11) is 1.32. The Morgan fingerprint density at radius 2 is 1.83 bits per heavy atom. The van der Waals surface area contributed by atoms with E-state index in [0.717, 1.165) is 0 Å². The first-order valence-corrected chi connectivity index (χ1v) is 4.97. The quantitative estimate of drug-likeness (QED) is 0.566. The second kappa shape index (κ2) is 3.25. The lowest BCUT2D eigenvalue weighted by Gasteiger charge is -2.00. The molecule has 0 saturated carbocycles. The number of rotatable bonds is 1. The SMILES string of the molecule is Cc1ccc(C2=CC=C[P]2)cc1. The molecule has 0 spiro atoms. The van der Waals surface area contributed by atoms with Gasteiger partial charge in [0.15, 0.2) is 0 Å². The van der Waals surface area contributed by atoms with E-state index in [2.05, 4.69) is 49.2 Å². The topological polar surface area (TPSA) is 0 Å². The molecule has 0 atom stereocenters. The third-order valence-electron chi connectivity index (χ3n) is 1.90. The second-order valence-electron chi connectivity index (χ2n) is 2.89. The predicted molar refractivity (Wildman–Crippen MR) is 55.2 cm³/mol. The number of hydrogen-bond donors (Lipinski definition) is 0. The molecule has 12 heavy (non-hydrogen) atoms. The van der Waals surface area contributed by atoms with E-state index in [0.29, 0.717) is 0 Å². The molecule has 1 heteroatoms. The molecule has 0 unspecified atom stereocenters. The zero-order chi connectivity index (χ0) is 8.39. The normalized spacial score (nSPS) is 16.9. The van der Waals surface area contributed by atoms with Gasteiger partial charge < -0.3 is 0 Å². The molecule has 0 aromatic heterocycles. The van der Waals surface area contributed by atoms with E-state index in [1.165, 1.54) is 25.0 Å². The maximum atomic E-state index is 2.18. The molecule has 0 nitrogen and oxygen atoms in total. The number of hydrogen-bond acceptors (Lipinski definition) is 0. The molecule has 0 bridgehead atoms. The highest BCUT2D eigenvalue weighted by Gasteiger charge is 2.02. The minimum Gasteiger partial charge on any atom is -0.0604 e. The molecule has 1 radical (unpaired) electrons. The van der Waals surface area contributed by atoms with Gasteiger partial charge in [0.1, 0.15) is 0 Å². The van der Waals surface area contributed by atoms with Crippen LogP contribution in [0, 0.1) is 6.92 Å². The van der Waals surface area contributed by atoms with Crippen molar-refractivity contribution < 1.29 is 0 Å². The lowest BCUT2D eigenvalue weighted by molar-refractivity contribution is 1.46. The fourth-order valence-corrected chi connectivity index (χ4v) is 2.00. The van der Waals surface area contributed by atoms with Crippen molar-refractivity contribution in [3.05, 3.63) is 53.4 Å². The van der Waals surface area contributed by atoms with Gasteiger partial charge in [0.25, 0.3) is 0 Å². The zero-order valence-corrected chi connectivity index (χ0v) is 7.88. The van der Waals surface area contributed by atoms with E-state index in [1.807, 2.05) is 0 Å². The molecule has 0 N–H and O–H groups in total. The van der Waals surface area contributed by atoms with Gasteiger partial charge in [-0.3, -0.25) is 0 Å². The summed E-state index contributed by atoms with van der Waals surface area (Å²) in [6.07, 6.45) is 4.28. The molecular weight excluding hydrogens is 163 g/mol. The van der Waals surface area contributed by atoms with Gasteiger partial charge in [-0.2, -0.15) is 0 Å². The van der Waals surface area contributed by atoms with Crippen molar-refractivity contribution in [1.29, 1.82) is 0 Å². The van der Waals surface area contributed by atoms with Crippen LogP contribution in [0.2, 0.25) is 0 Å². The van der Waals surface area contributed by atoms with Crippen LogP contribution in [0.5, 0.6) is 0 Å². The van der Waals surface area contributed by atoms with Gasteiger partial charge in [0, 0.05) is 0 Å². The van der Waals surface area contributed by atoms with Crippen molar-refractivity contribution in [3.63, 3.8) is 0 Å². The average molecular weight is 173 g/mol. The van der Waals surface area contributed by atoms with Crippen LogP contribution in [0.25, 0.3) is 5.31 Å². The second-order valence-corrected chi connectivity index (χ2v) is 3.93. The summed E-state index contributed by atoms with van der Waals surface area (Å²) in [5.41, 5.74) is 2.66. The van der Waals surface area contributed by atoms with Crippen LogP contribution < -0.4 is 0 Å². The van der Waals surface area contributed by atoms with Crippen molar-refractivity contribution in [2.75, 3.05) is 0 Å². The van der Waals surface area contributed by atoms with E-state index in [1.54, 1.807) is 0 Å². The van der Waals surface area contributed by atoms with Gasteiger partial charge in [-0.05, 0) is 26.4 Å². The summed E-state index contributed by atoms with van der Waals surface area (Å²) in [6, 6.07) is 8.68. The van der Waals surface area contributed by atoms with Gasteiger partial charge in [-0.25, -0.2) is 0 Å². The van der Waals surface area contributed by atoms with Crippen molar-refractivity contribution in [3.8, 4) is 0 Å². The molecule has 1 aromatic carbocycles. The van der Waals surface area contributed by atoms with Gasteiger partial charge in [0.2, 0.25) is 0 Å². The van der Waals surface area contributed by atoms with E-state index in [9.17, 15) is 0 Å². The van der Waals surface area contributed by atoms with Crippen LogP contribution in [-0.4, -0.2) is 0 Å². The van der Waals surface area contributed by atoms with Crippen LogP contribution >= 0.6 is 8.58 Å². The van der Waals surface area contributed by atoms with Crippen LogP contribution in [0.1, 0.15) is 11.1 Å². The van der Waals surface area contributed by atoms with Crippen LogP contribution in [0.4, 0.5) is 0 Å². The molecule has 1 aromatic rings. The molecule has 0 saturated heterocycles. The molecule has 0 fully saturated rings. The molecular formula is C11H10P. The minimum absolute atomic E-state index is 1.32. The first kappa shape index (κ1) is 7.76. The Hall–Kier alpha value is -0.870. The monoisotopic (exact) mass is 173 g/mol. The highest BCUT2D eigenvalue weighted by molar-refractivity contribution is 7.54. The Labute approximate surface area is 74.8 Å². The van der Waals surface area contributed by atoms with Gasteiger partial charge in [-0.1, -0.05) is 47.8 Å². The first-order chi connectivity index (χ1) is 5.86. The minimum atomic E-state index is 1.32. The third-order valence-corrected chi connectivity index (χ3v) is 2.91. The van der Waals surface area contributed by atoms with E-state index < -0.39 is 0 Å². The fourth-order valence-electron chi connectivity index (χ4n) is 1.20. The lowest BCUT2D eigenvalue weighted by atomic mass is 10.1. The van der Waals surface area contributed by atoms with Gasteiger partial charge in [0.05, 0.1) is 0 Å². The molecule has 0 aliphatic carbocycles. The first-order valence-electron chi connectivity index (χ1n) is 4.01. The standard InChI is InChI=1S/C11H10P/c1-9-4-6-10(7-5-9)11-3-2-8-12-11/h2-8H,1H3. The summed E-state index contributed by atoms with van der Waals surface area (Å²) in [5.74, 6) is 2.16. The van der Waals surface area contributed by atoms with Crippen molar-refractivity contribution in [2.24, 2.45) is 0 Å². The summed E-state index contributed by atoms with van der Waals surface area (Å²) < 4.78 is 0.